The highest BCUT2D eigenvalue weighted by atomic mass is 14.5. The molecule has 0 unspecified atom stereocenters. The van der Waals surface area contributed by atoms with Gasteiger partial charge in [-0.1, -0.05) is 36.4 Å². The Hall–Kier alpha value is -1.96. The molecule has 0 bridgehead atoms. The molecule has 0 saturated heterocycles. The Morgan fingerprint density at radius 3 is 1.60 bits per heavy atom. The largest absolute Gasteiger partial charge is 0.399 e. The van der Waals surface area contributed by atoms with E-state index < -0.39 is 0 Å². The van der Waals surface area contributed by atoms with E-state index >= 15 is 0 Å². The van der Waals surface area contributed by atoms with Crippen molar-refractivity contribution in [3.8, 4) is 0 Å². The third-order valence-corrected chi connectivity index (χ3v) is 1.99. The summed E-state index contributed by atoms with van der Waals surface area (Å²) in [5.41, 5.74) is 13.7. The van der Waals surface area contributed by atoms with Crippen LogP contribution in [0.1, 0.15) is 5.56 Å². The maximum absolute atomic E-state index is 5.52. The molecular formula is C13H16N2. The second-order valence-electron chi connectivity index (χ2n) is 3.27. The summed E-state index contributed by atoms with van der Waals surface area (Å²) in [4.78, 5) is 0. The molecule has 0 saturated carbocycles. The van der Waals surface area contributed by atoms with Gasteiger partial charge in [0.2, 0.25) is 0 Å². The standard InChI is InChI=1S/C7H9N.C6H7N/c1-6-4-2-3-5-7(6)8;7-6-4-2-1-3-5-6/h2-5H,8H2,1H3;1-5H,7H2. The smallest absolute Gasteiger partial charge is 0.0343 e. The minimum Gasteiger partial charge on any atom is -0.399 e. The molecule has 2 aromatic carbocycles. The highest BCUT2D eigenvalue weighted by molar-refractivity contribution is 5.44. The Labute approximate surface area is 90.5 Å². The summed E-state index contributed by atoms with van der Waals surface area (Å²) in [7, 11) is 0. The fourth-order valence-electron chi connectivity index (χ4n) is 1.04. The lowest BCUT2D eigenvalue weighted by Gasteiger charge is -1.93. The normalized spacial score (nSPS) is 8.87. The van der Waals surface area contributed by atoms with E-state index in [0.29, 0.717) is 0 Å². The van der Waals surface area contributed by atoms with Gasteiger partial charge in [-0.2, -0.15) is 0 Å². The number of nitrogen functional groups attached to an aromatic ring is 2. The van der Waals surface area contributed by atoms with Gasteiger partial charge in [0.1, 0.15) is 0 Å². The number of aryl methyl sites for hydroxylation is 1. The number of benzene rings is 2. The van der Waals surface area contributed by atoms with Gasteiger partial charge in [0.05, 0.1) is 0 Å². The summed E-state index contributed by atoms with van der Waals surface area (Å²) in [6.07, 6.45) is 0. The first-order chi connectivity index (χ1) is 7.20. The molecule has 4 N–H and O–H groups in total. The lowest BCUT2D eigenvalue weighted by atomic mass is 10.2. The van der Waals surface area contributed by atoms with E-state index in [1.54, 1.807) is 0 Å². The molecule has 15 heavy (non-hydrogen) atoms. The molecule has 0 radical (unpaired) electrons. The summed E-state index contributed by atoms with van der Waals surface area (Å²) >= 11 is 0. The molecule has 2 rings (SSSR count). The van der Waals surface area contributed by atoms with Crippen LogP contribution >= 0.6 is 0 Å². The zero-order valence-corrected chi connectivity index (χ0v) is 8.85. The number of nitrogens with two attached hydrogens (primary N) is 2. The summed E-state index contributed by atoms with van der Waals surface area (Å²) in [6.45, 7) is 2.00. The maximum Gasteiger partial charge on any atom is 0.0343 e. The van der Waals surface area contributed by atoms with Crippen molar-refractivity contribution in [1.29, 1.82) is 0 Å². The van der Waals surface area contributed by atoms with E-state index in [-0.39, 0.29) is 0 Å². The molecular weight excluding hydrogens is 184 g/mol. The first-order valence-electron chi connectivity index (χ1n) is 4.82. The van der Waals surface area contributed by atoms with E-state index in [9.17, 15) is 0 Å². The van der Waals surface area contributed by atoms with Crippen molar-refractivity contribution in [2.24, 2.45) is 0 Å². The zero-order chi connectivity index (χ0) is 11.1. The van der Waals surface area contributed by atoms with Crippen LogP contribution in [0.4, 0.5) is 11.4 Å². The molecule has 0 aliphatic carbocycles. The second-order valence-corrected chi connectivity index (χ2v) is 3.27. The van der Waals surface area contributed by atoms with Crippen molar-refractivity contribution in [1.82, 2.24) is 0 Å². The van der Waals surface area contributed by atoms with Gasteiger partial charge in [-0.25, -0.2) is 0 Å². The average Bonchev–Trinajstić information content (AvgIpc) is 2.25. The van der Waals surface area contributed by atoms with Gasteiger partial charge in [-0.05, 0) is 30.7 Å². The lowest BCUT2D eigenvalue weighted by molar-refractivity contribution is 1.47. The third kappa shape index (κ3) is 4.18. The van der Waals surface area contributed by atoms with Crippen molar-refractivity contribution < 1.29 is 0 Å². The quantitative estimate of drug-likeness (QED) is 0.642. The second kappa shape index (κ2) is 5.70. The minimum atomic E-state index is 0.822. The molecule has 2 nitrogen and oxygen atoms in total. The Balaban J connectivity index is 0.000000151. The molecule has 0 heterocycles. The Morgan fingerprint density at radius 2 is 1.27 bits per heavy atom. The number of hydrogen-bond acceptors (Lipinski definition) is 2. The summed E-state index contributed by atoms with van der Waals surface area (Å²) in [6, 6.07) is 17.3. The predicted octanol–water partition coefficient (Wildman–Crippen LogP) is 2.85. The van der Waals surface area contributed by atoms with Crippen molar-refractivity contribution in [2.45, 2.75) is 6.92 Å². The SMILES string of the molecule is Cc1ccccc1N.Nc1ccccc1. The first-order valence-corrected chi connectivity index (χ1v) is 4.82. The number of rotatable bonds is 0. The average molecular weight is 200 g/mol. The van der Waals surface area contributed by atoms with Crippen LogP contribution in [0.3, 0.4) is 0 Å². The van der Waals surface area contributed by atoms with E-state index in [0.717, 1.165) is 16.9 Å². The van der Waals surface area contributed by atoms with Gasteiger partial charge >= 0.3 is 0 Å². The molecule has 78 valence electrons. The molecule has 0 spiro atoms. The Morgan fingerprint density at radius 1 is 0.733 bits per heavy atom. The van der Waals surface area contributed by atoms with Crippen molar-refractivity contribution in [3.63, 3.8) is 0 Å². The van der Waals surface area contributed by atoms with Crippen molar-refractivity contribution in [3.05, 3.63) is 60.2 Å². The summed E-state index contributed by atoms with van der Waals surface area (Å²) in [5, 5.41) is 0. The van der Waals surface area contributed by atoms with Crippen LogP contribution in [0.2, 0.25) is 0 Å². The van der Waals surface area contributed by atoms with Crippen LogP contribution in [-0.4, -0.2) is 0 Å². The monoisotopic (exact) mass is 200 g/mol. The summed E-state index contributed by atoms with van der Waals surface area (Å²) < 4.78 is 0. The van der Waals surface area contributed by atoms with Crippen LogP contribution in [-0.2, 0) is 0 Å². The molecule has 2 aromatic rings. The highest BCUT2D eigenvalue weighted by Crippen LogP contribution is 2.06. The van der Waals surface area contributed by atoms with E-state index in [1.807, 2.05) is 61.5 Å². The van der Waals surface area contributed by atoms with Crippen LogP contribution in [0.5, 0.6) is 0 Å². The van der Waals surface area contributed by atoms with Gasteiger partial charge in [0, 0.05) is 11.4 Å². The summed E-state index contributed by atoms with van der Waals surface area (Å²) in [5.74, 6) is 0. The first kappa shape index (κ1) is 11.1. The highest BCUT2D eigenvalue weighted by Gasteiger charge is 1.84. The van der Waals surface area contributed by atoms with Crippen LogP contribution < -0.4 is 11.5 Å². The molecule has 2 heteroatoms. The maximum atomic E-state index is 5.52. The minimum absolute atomic E-state index is 0.822. The van der Waals surface area contributed by atoms with Gasteiger partial charge < -0.3 is 11.5 Å². The molecule has 0 aliphatic rings. The molecule has 0 atom stereocenters. The number of para-hydroxylation sites is 2. The molecule has 0 amide bonds. The number of anilines is 2. The van der Waals surface area contributed by atoms with Gasteiger partial charge in [-0.15, -0.1) is 0 Å². The predicted molar refractivity (Wildman–Crippen MR) is 66.4 cm³/mol. The topological polar surface area (TPSA) is 52.0 Å². The van der Waals surface area contributed by atoms with Gasteiger partial charge in [0.25, 0.3) is 0 Å². The van der Waals surface area contributed by atoms with Crippen molar-refractivity contribution >= 4 is 11.4 Å². The van der Waals surface area contributed by atoms with Gasteiger partial charge in [-0.3, -0.25) is 0 Å². The third-order valence-electron chi connectivity index (χ3n) is 1.99. The van der Waals surface area contributed by atoms with Crippen molar-refractivity contribution in [2.75, 3.05) is 11.5 Å². The van der Waals surface area contributed by atoms with Gasteiger partial charge in [0.15, 0.2) is 0 Å². The molecule has 0 aromatic heterocycles. The van der Waals surface area contributed by atoms with E-state index in [4.69, 9.17) is 11.5 Å². The Bertz CT molecular complexity index is 375. The van der Waals surface area contributed by atoms with Crippen LogP contribution in [0.25, 0.3) is 0 Å². The fraction of sp³-hybridized carbons (Fsp3) is 0.0769. The van der Waals surface area contributed by atoms with Crippen LogP contribution in [0, 0.1) is 6.92 Å². The fourth-order valence-corrected chi connectivity index (χ4v) is 1.04. The lowest BCUT2D eigenvalue weighted by Crippen LogP contribution is -1.85. The Kier molecular flexibility index (Phi) is 4.23. The molecule has 0 fully saturated rings. The van der Waals surface area contributed by atoms with E-state index in [1.165, 1.54) is 0 Å². The van der Waals surface area contributed by atoms with Crippen LogP contribution in [0.15, 0.2) is 54.6 Å². The molecule has 0 aliphatic heterocycles. The zero-order valence-electron chi connectivity index (χ0n) is 8.85. The number of hydrogen-bond donors (Lipinski definition) is 2. The van der Waals surface area contributed by atoms with E-state index in [2.05, 4.69) is 0 Å².